The number of Topliss-reactive ketones (excluding diaryl/α,β-unsaturated/α-hetero) is 1. The maximum atomic E-state index is 11.8. The zero-order valence-electron chi connectivity index (χ0n) is 9.58. The second-order valence-electron chi connectivity index (χ2n) is 3.96. The van der Waals surface area contributed by atoms with E-state index >= 15 is 0 Å². The second kappa shape index (κ2) is 5.39. The van der Waals surface area contributed by atoms with Crippen LogP contribution in [-0.2, 0) is 6.42 Å². The van der Waals surface area contributed by atoms with Crippen molar-refractivity contribution in [3.05, 3.63) is 29.3 Å². The molecule has 1 heterocycles. The monoisotopic (exact) mass is 235 g/mol. The number of hydrogen-bond donors (Lipinski definition) is 1. The van der Waals surface area contributed by atoms with Crippen molar-refractivity contribution in [2.24, 2.45) is 0 Å². The zero-order valence-corrected chi connectivity index (χ0v) is 10.4. The molecule has 0 aliphatic carbocycles. The third-order valence-corrected chi connectivity index (χ3v) is 3.68. The van der Waals surface area contributed by atoms with Gasteiger partial charge in [-0.25, -0.2) is 0 Å². The average Bonchev–Trinajstić information content (AvgIpc) is 2.35. The Hall–Kier alpha value is -0.960. The highest BCUT2D eigenvalue weighted by molar-refractivity contribution is 7.99. The van der Waals surface area contributed by atoms with Crippen LogP contribution >= 0.6 is 11.8 Å². The zero-order chi connectivity index (χ0) is 11.4. The molecule has 1 aliphatic rings. The molecule has 2 rings (SSSR count). The van der Waals surface area contributed by atoms with Crippen LogP contribution in [0.1, 0.15) is 29.3 Å². The summed E-state index contributed by atoms with van der Waals surface area (Å²) in [5.41, 5.74) is 3.35. The van der Waals surface area contributed by atoms with Crippen LogP contribution in [0, 0.1) is 0 Å². The van der Waals surface area contributed by atoms with Crippen LogP contribution in [0.15, 0.2) is 18.2 Å². The summed E-state index contributed by atoms with van der Waals surface area (Å²) in [7, 11) is 0. The molecule has 0 radical (unpaired) electrons. The molecule has 0 spiro atoms. The van der Waals surface area contributed by atoms with Crippen LogP contribution in [0.4, 0.5) is 5.69 Å². The van der Waals surface area contributed by atoms with Gasteiger partial charge in [0.15, 0.2) is 5.78 Å². The number of carbonyl (C=O) groups excluding carboxylic acids is 1. The Labute approximate surface area is 101 Å². The molecule has 0 saturated heterocycles. The molecule has 1 aliphatic heterocycles. The van der Waals surface area contributed by atoms with E-state index in [9.17, 15) is 4.79 Å². The standard InChI is InChI=1S/C13H17NOS/c1-2-16-9-13(15)11-5-6-12-10(8-11)4-3-7-14-12/h5-6,8,14H,2-4,7,9H2,1H3. The van der Waals surface area contributed by atoms with E-state index in [1.54, 1.807) is 11.8 Å². The molecule has 0 bridgehead atoms. The van der Waals surface area contributed by atoms with Gasteiger partial charge in [-0.05, 0) is 42.4 Å². The first-order valence-corrected chi connectivity index (χ1v) is 6.94. The smallest absolute Gasteiger partial charge is 0.172 e. The van der Waals surface area contributed by atoms with Crippen LogP contribution in [0.25, 0.3) is 0 Å². The largest absolute Gasteiger partial charge is 0.385 e. The fourth-order valence-corrected chi connectivity index (χ4v) is 2.48. The van der Waals surface area contributed by atoms with Gasteiger partial charge in [0.05, 0.1) is 5.75 Å². The number of benzene rings is 1. The minimum atomic E-state index is 0.250. The van der Waals surface area contributed by atoms with Gasteiger partial charge in [-0.3, -0.25) is 4.79 Å². The third kappa shape index (κ3) is 2.59. The van der Waals surface area contributed by atoms with Gasteiger partial charge in [0.2, 0.25) is 0 Å². The summed E-state index contributed by atoms with van der Waals surface area (Å²) in [6.45, 7) is 3.13. The first-order valence-electron chi connectivity index (χ1n) is 5.79. The van der Waals surface area contributed by atoms with Gasteiger partial charge in [0.1, 0.15) is 0 Å². The average molecular weight is 235 g/mol. The molecule has 1 aromatic rings. The second-order valence-corrected chi connectivity index (χ2v) is 5.24. The van der Waals surface area contributed by atoms with Crippen LogP contribution in [0.2, 0.25) is 0 Å². The Morgan fingerprint density at radius 3 is 3.19 bits per heavy atom. The normalized spacial score (nSPS) is 14.1. The van der Waals surface area contributed by atoms with Gasteiger partial charge in [-0.2, -0.15) is 11.8 Å². The summed E-state index contributed by atoms with van der Waals surface area (Å²) < 4.78 is 0. The van der Waals surface area contributed by atoms with Crippen LogP contribution in [0.5, 0.6) is 0 Å². The Morgan fingerprint density at radius 2 is 2.38 bits per heavy atom. The fourth-order valence-electron chi connectivity index (χ4n) is 1.93. The molecule has 0 amide bonds. The van der Waals surface area contributed by atoms with E-state index in [1.165, 1.54) is 11.3 Å². The van der Waals surface area contributed by atoms with Crippen molar-refractivity contribution < 1.29 is 4.79 Å². The maximum absolute atomic E-state index is 11.8. The predicted octanol–water partition coefficient (Wildman–Crippen LogP) is 2.98. The molecule has 0 aromatic heterocycles. The number of ketones is 1. The van der Waals surface area contributed by atoms with Crippen molar-refractivity contribution in [2.45, 2.75) is 19.8 Å². The Balaban J connectivity index is 2.13. The molecule has 16 heavy (non-hydrogen) atoms. The number of aryl methyl sites for hydroxylation is 1. The Kier molecular flexibility index (Phi) is 3.88. The Bertz CT molecular complexity index is 390. The number of nitrogens with one attached hydrogen (secondary N) is 1. The predicted molar refractivity (Wildman–Crippen MR) is 70.6 cm³/mol. The van der Waals surface area contributed by atoms with E-state index < -0.39 is 0 Å². The lowest BCUT2D eigenvalue weighted by molar-refractivity contribution is 0.102. The van der Waals surface area contributed by atoms with Crippen molar-refractivity contribution in [1.29, 1.82) is 0 Å². The maximum Gasteiger partial charge on any atom is 0.172 e. The fraction of sp³-hybridized carbons (Fsp3) is 0.462. The van der Waals surface area contributed by atoms with Gasteiger partial charge in [-0.1, -0.05) is 6.92 Å². The lowest BCUT2D eigenvalue weighted by Gasteiger charge is -2.18. The molecule has 0 saturated carbocycles. The summed E-state index contributed by atoms with van der Waals surface area (Å²) >= 11 is 1.68. The van der Waals surface area contributed by atoms with E-state index in [2.05, 4.69) is 18.3 Å². The van der Waals surface area contributed by atoms with Crippen LogP contribution < -0.4 is 5.32 Å². The molecule has 0 fully saturated rings. The number of carbonyl (C=O) groups is 1. The van der Waals surface area contributed by atoms with Gasteiger partial charge in [0.25, 0.3) is 0 Å². The molecule has 1 aromatic carbocycles. The van der Waals surface area contributed by atoms with E-state index in [0.29, 0.717) is 5.75 Å². The van der Waals surface area contributed by atoms with E-state index in [4.69, 9.17) is 0 Å². The van der Waals surface area contributed by atoms with Crippen molar-refractivity contribution in [2.75, 3.05) is 23.4 Å². The number of anilines is 1. The highest BCUT2D eigenvalue weighted by Gasteiger charge is 2.12. The number of thioether (sulfide) groups is 1. The minimum absolute atomic E-state index is 0.250. The quantitative estimate of drug-likeness (QED) is 0.813. The van der Waals surface area contributed by atoms with Gasteiger partial charge in [0, 0.05) is 17.8 Å². The molecule has 0 unspecified atom stereocenters. The van der Waals surface area contributed by atoms with E-state index in [1.807, 2.05) is 12.1 Å². The molecular weight excluding hydrogens is 218 g/mol. The molecule has 3 heteroatoms. The van der Waals surface area contributed by atoms with Gasteiger partial charge >= 0.3 is 0 Å². The molecule has 0 atom stereocenters. The topological polar surface area (TPSA) is 29.1 Å². The SMILES string of the molecule is CCSCC(=O)c1ccc2c(c1)CCCN2. The lowest BCUT2D eigenvalue weighted by Crippen LogP contribution is -2.13. The molecule has 86 valence electrons. The molecule has 2 nitrogen and oxygen atoms in total. The minimum Gasteiger partial charge on any atom is -0.385 e. The number of rotatable bonds is 4. The molecular formula is C13H17NOS. The summed E-state index contributed by atoms with van der Waals surface area (Å²) in [6, 6.07) is 6.04. The summed E-state index contributed by atoms with van der Waals surface area (Å²) in [5.74, 6) is 1.85. The van der Waals surface area contributed by atoms with Crippen LogP contribution in [-0.4, -0.2) is 23.8 Å². The van der Waals surface area contributed by atoms with Crippen molar-refractivity contribution in [3.63, 3.8) is 0 Å². The summed E-state index contributed by atoms with van der Waals surface area (Å²) in [5, 5.41) is 3.36. The van der Waals surface area contributed by atoms with Crippen molar-refractivity contribution in [3.8, 4) is 0 Å². The van der Waals surface area contributed by atoms with E-state index in [0.717, 1.165) is 30.7 Å². The van der Waals surface area contributed by atoms with Gasteiger partial charge in [-0.15, -0.1) is 0 Å². The lowest BCUT2D eigenvalue weighted by atomic mass is 9.99. The number of fused-ring (bicyclic) bond motifs is 1. The van der Waals surface area contributed by atoms with Crippen molar-refractivity contribution in [1.82, 2.24) is 0 Å². The molecule has 1 N–H and O–H groups in total. The van der Waals surface area contributed by atoms with Crippen molar-refractivity contribution >= 4 is 23.2 Å². The Morgan fingerprint density at radius 1 is 1.50 bits per heavy atom. The van der Waals surface area contributed by atoms with Crippen LogP contribution in [0.3, 0.4) is 0 Å². The highest BCUT2D eigenvalue weighted by Crippen LogP contribution is 2.23. The summed E-state index contributed by atoms with van der Waals surface area (Å²) in [4.78, 5) is 11.8. The third-order valence-electron chi connectivity index (χ3n) is 2.80. The van der Waals surface area contributed by atoms with Gasteiger partial charge < -0.3 is 5.32 Å². The first-order chi connectivity index (χ1) is 7.81. The first kappa shape index (κ1) is 11.5. The number of hydrogen-bond acceptors (Lipinski definition) is 3. The van der Waals surface area contributed by atoms with E-state index in [-0.39, 0.29) is 5.78 Å². The highest BCUT2D eigenvalue weighted by atomic mass is 32.2. The summed E-state index contributed by atoms with van der Waals surface area (Å²) in [6.07, 6.45) is 2.25.